The van der Waals surface area contributed by atoms with E-state index in [0.717, 1.165) is 52.2 Å². The van der Waals surface area contributed by atoms with E-state index in [-0.39, 0.29) is 12.5 Å². The van der Waals surface area contributed by atoms with E-state index >= 15 is 0 Å². The van der Waals surface area contributed by atoms with Crippen molar-refractivity contribution in [1.82, 2.24) is 9.80 Å². The Bertz CT molecular complexity index is 906. The number of hydrogen-bond acceptors (Lipinski definition) is 8. The molecule has 0 aromatic heterocycles. The average Bonchev–Trinajstić information content (AvgIpc) is 2.91. The van der Waals surface area contributed by atoms with Crippen LogP contribution in [0.4, 0.5) is 0 Å². The molecule has 1 aliphatic rings. The SMILES string of the molecule is CCCC(OCCN1CCN(CCC(=O)O)CC1)c1ccccc1.O=C(O)/C=C/C(=O)O.O=C(O)/C=C/C(=O)O. The standard InChI is InChI=1S/C19H30N2O3.2C4H4O4/c1-2-6-18(17-7-4-3-5-8-17)24-16-15-21-13-11-20(12-14-21)10-9-19(22)23;2*5-3(6)1-2-4(7)8/h3-5,7-8,18H,2,6,9-16H2,1H3,(H,22,23);2*1-2H,(H,5,6)(H,7,8)/b;2*2-1+. The summed E-state index contributed by atoms with van der Waals surface area (Å²) >= 11 is 0. The maximum absolute atomic E-state index is 10.6. The summed E-state index contributed by atoms with van der Waals surface area (Å²) in [6.45, 7) is 8.42. The van der Waals surface area contributed by atoms with E-state index in [1.165, 1.54) is 5.56 Å². The summed E-state index contributed by atoms with van der Waals surface area (Å²) in [5.41, 5.74) is 1.26. The molecule has 0 bridgehead atoms. The lowest BCUT2D eigenvalue weighted by molar-refractivity contribution is -0.137. The van der Waals surface area contributed by atoms with Crippen LogP contribution in [0.5, 0.6) is 0 Å². The molecule has 13 heteroatoms. The summed E-state index contributed by atoms with van der Waals surface area (Å²) in [7, 11) is 0. The van der Waals surface area contributed by atoms with Gasteiger partial charge >= 0.3 is 29.8 Å². The monoisotopic (exact) mass is 566 g/mol. The smallest absolute Gasteiger partial charge is 0.328 e. The largest absolute Gasteiger partial charge is 0.481 e. The highest BCUT2D eigenvalue weighted by Gasteiger charge is 2.18. The third-order valence-electron chi connectivity index (χ3n) is 5.29. The second-order valence-electron chi connectivity index (χ2n) is 8.41. The predicted molar refractivity (Wildman–Crippen MR) is 144 cm³/mol. The van der Waals surface area contributed by atoms with Gasteiger partial charge < -0.3 is 35.2 Å². The fraction of sp³-hybridized carbons (Fsp3) is 0.444. The van der Waals surface area contributed by atoms with E-state index in [9.17, 15) is 24.0 Å². The number of benzene rings is 1. The van der Waals surface area contributed by atoms with Gasteiger partial charge in [-0.05, 0) is 12.0 Å². The summed E-state index contributed by atoms with van der Waals surface area (Å²) in [5, 5.41) is 40.0. The van der Waals surface area contributed by atoms with E-state index in [2.05, 4.69) is 41.0 Å². The number of carboxylic acids is 5. The van der Waals surface area contributed by atoms with E-state index in [4.69, 9.17) is 30.3 Å². The molecule has 0 radical (unpaired) electrons. The molecule has 1 heterocycles. The molecule has 222 valence electrons. The molecule has 13 nitrogen and oxygen atoms in total. The number of carboxylic acid groups (broad SMARTS) is 5. The van der Waals surface area contributed by atoms with Crippen molar-refractivity contribution in [2.24, 2.45) is 0 Å². The molecule has 0 spiro atoms. The maximum atomic E-state index is 10.6. The summed E-state index contributed by atoms with van der Waals surface area (Å²) in [6, 6.07) is 10.5. The van der Waals surface area contributed by atoms with Crippen LogP contribution < -0.4 is 0 Å². The molecule has 0 aliphatic carbocycles. The van der Waals surface area contributed by atoms with Crippen LogP contribution in [0.3, 0.4) is 0 Å². The van der Waals surface area contributed by atoms with Gasteiger partial charge in [0.15, 0.2) is 0 Å². The van der Waals surface area contributed by atoms with E-state index in [0.29, 0.717) is 30.8 Å². The second kappa shape index (κ2) is 21.8. The highest BCUT2D eigenvalue weighted by molar-refractivity contribution is 5.90. The minimum absolute atomic E-state index is 0.188. The van der Waals surface area contributed by atoms with Gasteiger partial charge in [0.2, 0.25) is 0 Å². The Kier molecular flexibility index (Phi) is 19.6. The summed E-state index contributed by atoms with van der Waals surface area (Å²) in [4.78, 5) is 53.5. The van der Waals surface area contributed by atoms with E-state index in [1.807, 2.05) is 6.07 Å². The van der Waals surface area contributed by atoms with Crippen molar-refractivity contribution < 1.29 is 54.2 Å². The zero-order valence-electron chi connectivity index (χ0n) is 22.4. The molecule has 5 N–H and O–H groups in total. The third kappa shape index (κ3) is 20.9. The first kappa shape index (κ1) is 35.9. The number of rotatable bonds is 14. The molecule has 1 fully saturated rings. The first-order valence-corrected chi connectivity index (χ1v) is 12.6. The summed E-state index contributed by atoms with van der Waals surface area (Å²) < 4.78 is 6.14. The number of carbonyl (C=O) groups is 5. The van der Waals surface area contributed by atoms with Gasteiger partial charge in [0.25, 0.3) is 0 Å². The molecule has 1 saturated heterocycles. The molecule has 1 atom stereocenters. The topological polar surface area (TPSA) is 202 Å². The van der Waals surface area contributed by atoms with E-state index in [1.54, 1.807) is 0 Å². The zero-order chi connectivity index (χ0) is 30.3. The highest BCUT2D eigenvalue weighted by Crippen LogP contribution is 2.22. The fourth-order valence-corrected chi connectivity index (χ4v) is 3.38. The van der Waals surface area contributed by atoms with Gasteiger partial charge in [-0.15, -0.1) is 0 Å². The molecular weight excluding hydrogens is 528 g/mol. The lowest BCUT2D eigenvalue weighted by atomic mass is 10.1. The minimum atomic E-state index is -1.26. The Labute approximate surface area is 232 Å². The van der Waals surface area contributed by atoms with Crippen molar-refractivity contribution in [1.29, 1.82) is 0 Å². The van der Waals surface area contributed by atoms with Crippen LogP contribution in [0.2, 0.25) is 0 Å². The van der Waals surface area contributed by atoms with Crippen molar-refractivity contribution in [3.63, 3.8) is 0 Å². The normalized spacial score (nSPS) is 14.4. The molecule has 1 aromatic rings. The van der Waals surface area contributed by atoms with Crippen LogP contribution in [0.1, 0.15) is 37.9 Å². The molecule has 0 amide bonds. The molecule has 1 aliphatic heterocycles. The number of ether oxygens (including phenoxy) is 1. The van der Waals surface area contributed by atoms with Crippen molar-refractivity contribution in [2.75, 3.05) is 45.9 Å². The van der Waals surface area contributed by atoms with E-state index < -0.39 is 29.8 Å². The first-order chi connectivity index (χ1) is 18.9. The first-order valence-electron chi connectivity index (χ1n) is 12.6. The van der Waals surface area contributed by atoms with Crippen LogP contribution >= 0.6 is 0 Å². The lowest BCUT2D eigenvalue weighted by Gasteiger charge is -2.34. The van der Waals surface area contributed by atoms with Gasteiger partial charge in [-0.1, -0.05) is 43.7 Å². The molecule has 40 heavy (non-hydrogen) atoms. The van der Waals surface area contributed by atoms with Crippen LogP contribution in [0, 0.1) is 0 Å². The summed E-state index contributed by atoms with van der Waals surface area (Å²) in [5.74, 6) is -5.74. The van der Waals surface area contributed by atoms with Crippen LogP contribution in [0.15, 0.2) is 54.6 Å². The van der Waals surface area contributed by atoms with Crippen LogP contribution in [0.25, 0.3) is 0 Å². The molecule has 0 saturated carbocycles. The second-order valence-corrected chi connectivity index (χ2v) is 8.41. The van der Waals surface area contributed by atoms with Crippen LogP contribution in [-0.4, -0.2) is 111 Å². The van der Waals surface area contributed by atoms with Crippen molar-refractivity contribution >= 4 is 29.8 Å². The third-order valence-corrected chi connectivity index (χ3v) is 5.29. The molecule has 1 unspecified atom stereocenters. The highest BCUT2D eigenvalue weighted by atomic mass is 16.5. The van der Waals surface area contributed by atoms with Crippen molar-refractivity contribution in [2.45, 2.75) is 32.3 Å². The average molecular weight is 567 g/mol. The molecule has 2 rings (SSSR count). The lowest BCUT2D eigenvalue weighted by Crippen LogP contribution is -2.47. The van der Waals surface area contributed by atoms with Gasteiger partial charge in [-0.3, -0.25) is 9.69 Å². The van der Waals surface area contributed by atoms with Gasteiger partial charge in [0.05, 0.1) is 19.1 Å². The Balaban J connectivity index is 0.000000780. The Morgan fingerprint density at radius 2 is 1.18 bits per heavy atom. The van der Waals surface area contributed by atoms with Gasteiger partial charge in [0, 0.05) is 63.6 Å². The van der Waals surface area contributed by atoms with Crippen molar-refractivity contribution in [3.8, 4) is 0 Å². The zero-order valence-corrected chi connectivity index (χ0v) is 22.4. The Hall–Kier alpha value is -4.07. The number of aliphatic carboxylic acids is 5. The fourth-order valence-electron chi connectivity index (χ4n) is 3.38. The van der Waals surface area contributed by atoms with Crippen LogP contribution in [-0.2, 0) is 28.7 Å². The van der Waals surface area contributed by atoms with Gasteiger partial charge in [-0.25, -0.2) is 19.2 Å². The van der Waals surface area contributed by atoms with Crippen molar-refractivity contribution in [3.05, 3.63) is 60.2 Å². The van der Waals surface area contributed by atoms with Gasteiger partial charge in [-0.2, -0.15) is 0 Å². The molecular formula is C27H38N2O11. The summed E-state index contributed by atoms with van der Waals surface area (Å²) in [6.07, 6.45) is 4.82. The molecule has 1 aromatic carbocycles. The maximum Gasteiger partial charge on any atom is 0.328 e. The predicted octanol–water partition coefficient (Wildman–Crippen LogP) is 2.06. The van der Waals surface area contributed by atoms with Gasteiger partial charge in [0.1, 0.15) is 0 Å². The Morgan fingerprint density at radius 1 is 0.750 bits per heavy atom. The number of piperazine rings is 1. The number of nitrogens with zero attached hydrogens (tertiary/aromatic N) is 2. The Morgan fingerprint density at radius 3 is 1.55 bits per heavy atom. The number of hydrogen-bond donors (Lipinski definition) is 5. The minimum Gasteiger partial charge on any atom is -0.481 e. The quantitative estimate of drug-likeness (QED) is 0.205.